The number of aryl methyl sites for hydroxylation is 2. The first kappa shape index (κ1) is 38.5. The van der Waals surface area contributed by atoms with Gasteiger partial charge >= 0.3 is 5.97 Å². The molecule has 0 radical (unpaired) electrons. The summed E-state index contributed by atoms with van der Waals surface area (Å²) in [6, 6.07) is 7.51. The largest absolute Gasteiger partial charge is 0.481 e. The molecule has 1 aliphatic heterocycles. The van der Waals surface area contributed by atoms with Gasteiger partial charge in [0.15, 0.2) is 5.78 Å². The number of Topliss-reactive ketones (excluding diaryl/α,β-unsaturated/α-hetero) is 2. The number of likely N-dealkylation sites (tertiary alicyclic amines) is 1. The maximum Gasteiger partial charge on any atom is 0.303 e. The van der Waals surface area contributed by atoms with Crippen molar-refractivity contribution in [3.63, 3.8) is 0 Å². The average Bonchev–Trinajstić information content (AvgIpc) is 3.63. The summed E-state index contributed by atoms with van der Waals surface area (Å²) in [4.78, 5) is 58.0. The van der Waals surface area contributed by atoms with Crippen molar-refractivity contribution in [2.75, 3.05) is 6.54 Å². The fraction of sp³-hybridized carbons (Fsp3) is 0.658. The van der Waals surface area contributed by atoms with Crippen LogP contribution in [0, 0.1) is 18.3 Å². The quantitative estimate of drug-likeness (QED) is 0.129. The second kappa shape index (κ2) is 19.2. The third-order valence-electron chi connectivity index (χ3n) is 9.43. The molecule has 1 aromatic heterocycles. The highest BCUT2D eigenvalue weighted by molar-refractivity contribution is 7.13. The highest BCUT2D eigenvalue weighted by atomic mass is 32.1. The number of nitrogens with zero attached hydrogens (tertiary/aromatic N) is 2. The zero-order chi connectivity index (χ0) is 34.4. The van der Waals surface area contributed by atoms with Gasteiger partial charge in [0, 0.05) is 44.6 Å². The lowest BCUT2D eigenvalue weighted by Crippen LogP contribution is -2.47. The normalized spacial score (nSPS) is 17.2. The Labute approximate surface area is 285 Å². The third kappa shape index (κ3) is 12.9. The summed E-state index contributed by atoms with van der Waals surface area (Å²) in [6.07, 6.45) is 11.5. The van der Waals surface area contributed by atoms with Crippen LogP contribution in [-0.2, 0) is 25.6 Å². The summed E-state index contributed by atoms with van der Waals surface area (Å²) in [7, 11) is 0. The predicted molar refractivity (Wildman–Crippen MR) is 187 cm³/mol. The lowest BCUT2D eigenvalue weighted by Gasteiger charge is -2.34. The number of carboxylic acid groups (broad SMARTS) is 1. The number of ketones is 2. The van der Waals surface area contributed by atoms with E-state index in [0.717, 1.165) is 85.9 Å². The number of aliphatic carboxylic acids is 1. The zero-order valence-corrected chi connectivity index (χ0v) is 29.8. The highest BCUT2D eigenvalue weighted by Gasteiger charge is 2.44. The van der Waals surface area contributed by atoms with Gasteiger partial charge in [-0.05, 0) is 42.7 Å². The Morgan fingerprint density at radius 2 is 1.47 bits per heavy atom. The molecule has 2 N–H and O–H groups in total. The number of thiazole rings is 1. The predicted octanol–water partition coefficient (Wildman–Crippen LogP) is 7.97. The number of aliphatic hydroxyl groups excluding tert-OH is 1. The lowest BCUT2D eigenvalue weighted by atomic mass is 9.76. The number of hydrogen-bond acceptors (Lipinski definition) is 7. The Hall–Kier alpha value is -2.91. The van der Waals surface area contributed by atoms with E-state index in [1.54, 1.807) is 16.2 Å². The summed E-state index contributed by atoms with van der Waals surface area (Å²) in [5.41, 5.74) is 4.53. The van der Waals surface area contributed by atoms with Gasteiger partial charge in [0.1, 0.15) is 5.78 Å². The van der Waals surface area contributed by atoms with Crippen LogP contribution in [0.25, 0.3) is 10.4 Å². The van der Waals surface area contributed by atoms with Crippen molar-refractivity contribution in [1.29, 1.82) is 0 Å². The molecule has 8 nitrogen and oxygen atoms in total. The number of carbonyl (C=O) groups is 4. The van der Waals surface area contributed by atoms with Gasteiger partial charge in [-0.2, -0.15) is 0 Å². The molecule has 1 aliphatic rings. The van der Waals surface area contributed by atoms with E-state index in [4.69, 9.17) is 5.11 Å². The van der Waals surface area contributed by atoms with Gasteiger partial charge in [0.05, 0.1) is 28.2 Å². The molecule has 0 aliphatic carbocycles. The van der Waals surface area contributed by atoms with Gasteiger partial charge < -0.3 is 15.1 Å². The molecule has 1 saturated heterocycles. The van der Waals surface area contributed by atoms with Crippen molar-refractivity contribution >= 4 is 34.8 Å². The van der Waals surface area contributed by atoms with Crippen LogP contribution in [0.2, 0.25) is 0 Å². The van der Waals surface area contributed by atoms with Gasteiger partial charge in [-0.15, -0.1) is 11.3 Å². The van der Waals surface area contributed by atoms with E-state index < -0.39 is 29.4 Å². The number of benzene rings is 1. The summed E-state index contributed by atoms with van der Waals surface area (Å²) < 4.78 is 0. The molecule has 2 heterocycles. The molecule has 3 atom stereocenters. The van der Waals surface area contributed by atoms with E-state index in [1.165, 1.54) is 0 Å². The maximum absolute atomic E-state index is 13.9. The van der Waals surface area contributed by atoms with E-state index >= 15 is 0 Å². The van der Waals surface area contributed by atoms with Crippen molar-refractivity contribution in [2.45, 2.75) is 143 Å². The first-order valence-electron chi connectivity index (χ1n) is 17.6. The molecule has 9 heteroatoms. The number of unbranched alkanes of at least 4 members (excludes halogenated alkanes) is 9. The van der Waals surface area contributed by atoms with E-state index in [-0.39, 0.29) is 49.7 Å². The van der Waals surface area contributed by atoms with Crippen LogP contribution in [0.4, 0.5) is 0 Å². The molecular formula is C38H56N2O6S. The maximum atomic E-state index is 13.9. The molecule has 0 unspecified atom stereocenters. The first-order chi connectivity index (χ1) is 22.4. The molecule has 1 aromatic carbocycles. The molecule has 1 amide bonds. The van der Waals surface area contributed by atoms with Crippen molar-refractivity contribution in [2.24, 2.45) is 11.3 Å². The van der Waals surface area contributed by atoms with Gasteiger partial charge in [-0.3, -0.25) is 19.2 Å². The van der Waals surface area contributed by atoms with E-state index in [0.29, 0.717) is 12.8 Å². The fourth-order valence-electron chi connectivity index (χ4n) is 6.50. The number of rotatable bonds is 21. The summed E-state index contributed by atoms with van der Waals surface area (Å²) >= 11 is 1.61. The number of amides is 1. The van der Waals surface area contributed by atoms with Gasteiger partial charge in [0.2, 0.25) is 5.91 Å². The van der Waals surface area contributed by atoms with Crippen molar-refractivity contribution < 1.29 is 29.4 Å². The average molecular weight is 669 g/mol. The smallest absolute Gasteiger partial charge is 0.303 e. The standard InChI is InChI=1S/C38H56N2O6S/c1-27-36(47-26-39-27)29-20-17-28(18-21-29)19-22-34(43)33-24-31(42)25-40(33)37(46)32(38(2,3)4)23-30(41)15-13-11-9-7-5-6-8-10-12-14-16-35(44)45/h17-18,20-21,26,31-33,42H,5-16,19,22-25H2,1-4H3,(H,44,45)/t31-,32-,33+/m1/s1. The SMILES string of the molecule is Cc1ncsc1-c1ccc(CCC(=O)[C@@H]2C[C@@H](O)CN2C(=O)[C@@H](CC(=O)CCCCCCCCCCCCC(=O)O)C(C)(C)C)cc1. The Morgan fingerprint density at radius 3 is 2.00 bits per heavy atom. The zero-order valence-electron chi connectivity index (χ0n) is 29.0. The fourth-order valence-corrected chi connectivity index (χ4v) is 7.32. The number of carbonyl (C=O) groups excluding carboxylic acids is 3. The van der Waals surface area contributed by atoms with E-state index in [2.05, 4.69) is 17.1 Å². The van der Waals surface area contributed by atoms with Crippen molar-refractivity contribution in [3.8, 4) is 10.4 Å². The second-order valence-electron chi connectivity index (χ2n) is 14.4. The molecule has 0 bridgehead atoms. The number of carboxylic acids is 1. The third-order valence-corrected chi connectivity index (χ3v) is 10.4. The van der Waals surface area contributed by atoms with Crippen molar-refractivity contribution in [1.82, 2.24) is 9.88 Å². The lowest BCUT2D eigenvalue weighted by molar-refractivity contribution is -0.145. The summed E-state index contributed by atoms with van der Waals surface area (Å²) in [5.74, 6) is -1.43. The van der Waals surface area contributed by atoms with E-state index in [1.807, 2.05) is 45.3 Å². The van der Waals surface area contributed by atoms with Gasteiger partial charge in [0.25, 0.3) is 0 Å². The van der Waals surface area contributed by atoms with Crippen LogP contribution in [0.1, 0.15) is 128 Å². The minimum Gasteiger partial charge on any atom is -0.481 e. The molecule has 47 heavy (non-hydrogen) atoms. The van der Waals surface area contributed by atoms with E-state index in [9.17, 15) is 24.3 Å². The van der Waals surface area contributed by atoms with Crippen LogP contribution in [0.15, 0.2) is 29.8 Å². The van der Waals surface area contributed by atoms with Crippen LogP contribution in [-0.4, -0.2) is 62.2 Å². The molecule has 1 fully saturated rings. The van der Waals surface area contributed by atoms with Crippen LogP contribution in [0.3, 0.4) is 0 Å². The Bertz CT molecular complexity index is 1300. The number of aromatic nitrogens is 1. The Kier molecular flexibility index (Phi) is 15.7. The first-order valence-corrected chi connectivity index (χ1v) is 18.5. The Balaban J connectivity index is 1.43. The minimum absolute atomic E-state index is 0.0468. The summed E-state index contributed by atoms with van der Waals surface area (Å²) in [5, 5.41) is 19.2. The van der Waals surface area contributed by atoms with Gasteiger partial charge in [-0.25, -0.2) is 4.98 Å². The molecule has 0 saturated carbocycles. The monoisotopic (exact) mass is 668 g/mol. The molecule has 0 spiro atoms. The van der Waals surface area contributed by atoms with Crippen molar-refractivity contribution in [3.05, 3.63) is 41.0 Å². The Morgan fingerprint density at radius 1 is 0.894 bits per heavy atom. The summed E-state index contributed by atoms with van der Waals surface area (Å²) in [6.45, 7) is 8.02. The molecular weight excluding hydrogens is 612 g/mol. The molecule has 2 aromatic rings. The van der Waals surface area contributed by atoms with Crippen LogP contribution in [0.5, 0.6) is 0 Å². The molecule has 260 valence electrons. The minimum atomic E-state index is -0.747. The van der Waals surface area contributed by atoms with Crippen LogP contribution < -0.4 is 0 Å². The van der Waals surface area contributed by atoms with Gasteiger partial charge in [-0.1, -0.05) is 96.4 Å². The topological polar surface area (TPSA) is 125 Å². The van der Waals surface area contributed by atoms with Crippen LogP contribution >= 0.6 is 11.3 Å². The number of aliphatic hydroxyl groups is 1. The molecule has 3 rings (SSSR count). The second-order valence-corrected chi connectivity index (χ2v) is 15.3. The number of β-amino-alcohol motifs (C(OH)–C–C–N with tert-alkyl or cyclic N) is 1. The highest BCUT2D eigenvalue weighted by Crippen LogP contribution is 2.34. The number of hydrogen-bond donors (Lipinski definition) is 2.